The summed E-state index contributed by atoms with van der Waals surface area (Å²) in [6, 6.07) is 0. The lowest BCUT2D eigenvalue weighted by molar-refractivity contribution is -0.154. The van der Waals surface area contributed by atoms with Gasteiger partial charge < -0.3 is 20.1 Å². The Kier molecular flexibility index (Phi) is 34.5. The summed E-state index contributed by atoms with van der Waals surface area (Å²) in [5, 5.41) is 0. The number of unbranched alkanes of at least 4 members (excludes halogenated alkanes) is 19. The van der Waals surface area contributed by atoms with E-state index in [0.717, 1.165) is 38.5 Å². The van der Waals surface area contributed by atoms with Gasteiger partial charge in [0.25, 0.3) is 0 Å². The fourth-order valence-electron chi connectivity index (χ4n) is 5.08. The Morgan fingerprint density at radius 3 is 1.70 bits per heavy atom. The molecule has 3 N–H and O–H groups in total. The number of esters is 1. The lowest BCUT2D eigenvalue weighted by atomic mass is 10.1. The Labute approximate surface area is 283 Å². The quantitative estimate of drug-likeness (QED) is 0.0292. The monoisotopic (exact) mass is 674 g/mol. The topological polar surface area (TPSA) is 117 Å². The molecule has 0 fully saturated rings. The predicted molar refractivity (Wildman–Crippen MR) is 192 cm³/mol. The zero-order valence-electron chi connectivity index (χ0n) is 29.8. The van der Waals surface area contributed by atoms with E-state index < -0.39 is 13.9 Å². The minimum absolute atomic E-state index is 0.0952. The van der Waals surface area contributed by atoms with Crippen molar-refractivity contribution in [2.75, 3.05) is 33.0 Å². The first-order valence-electron chi connectivity index (χ1n) is 18.8. The molecule has 0 amide bonds. The fourth-order valence-corrected chi connectivity index (χ4v) is 5.85. The molecule has 0 aromatic carbocycles. The van der Waals surface area contributed by atoms with E-state index in [1.165, 1.54) is 109 Å². The van der Waals surface area contributed by atoms with Crippen molar-refractivity contribution in [1.82, 2.24) is 0 Å². The van der Waals surface area contributed by atoms with E-state index in [0.29, 0.717) is 13.0 Å². The number of hydrogen-bond acceptors (Lipinski definition) is 7. The molecule has 0 heterocycles. The molecule has 0 aliphatic rings. The number of carbonyl (C=O) groups excluding carboxylic acids is 1. The van der Waals surface area contributed by atoms with Crippen LogP contribution in [-0.2, 0) is 27.9 Å². The van der Waals surface area contributed by atoms with Gasteiger partial charge in [0, 0.05) is 19.6 Å². The molecule has 272 valence electrons. The number of phosphoric acid groups is 1. The standard InChI is InChI=1S/C37H72NO7P/c1-3-5-7-9-11-12-13-14-15-16-17-18-19-20-21-22-23-24-25-26-28-30-37(39)45-36(35-44-46(40,41)43-33-31-38)34-42-32-29-27-10-8-6-4-2/h13-14,16-17,36H,3-12,15,18-35,38H2,1-2H3,(H,40,41)/b14-13-,17-16-. The van der Waals surface area contributed by atoms with Crippen LogP contribution in [0.15, 0.2) is 24.3 Å². The van der Waals surface area contributed by atoms with E-state index in [1.54, 1.807) is 0 Å². The van der Waals surface area contributed by atoms with Crippen LogP contribution < -0.4 is 5.73 Å². The van der Waals surface area contributed by atoms with Crippen molar-refractivity contribution in [2.45, 2.75) is 174 Å². The number of nitrogens with two attached hydrogens (primary N) is 1. The summed E-state index contributed by atoms with van der Waals surface area (Å²) in [6.07, 6.45) is 36.4. The number of ether oxygens (including phenoxy) is 2. The molecule has 0 aliphatic carbocycles. The highest BCUT2D eigenvalue weighted by atomic mass is 31.2. The van der Waals surface area contributed by atoms with Gasteiger partial charge in [-0.1, -0.05) is 141 Å². The Bertz CT molecular complexity index is 762. The van der Waals surface area contributed by atoms with E-state index in [-0.39, 0.29) is 32.3 Å². The molecule has 9 heteroatoms. The maximum atomic E-state index is 12.5. The zero-order valence-corrected chi connectivity index (χ0v) is 30.7. The molecule has 0 aromatic heterocycles. The van der Waals surface area contributed by atoms with Gasteiger partial charge in [-0.2, -0.15) is 0 Å². The number of carbonyl (C=O) groups is 1. The number of hydrogen-bond donors (Lipinski definition) is 2. The molecule has 2 unspecified atom stereocenters. The first kappa shape index (κ1) is 45.0. The van der Waals surface area contributed by atoms with Crippen molar-refractivity contribution < 1.29 is 32.8 Å². The van der Waals surface area contributed by atoms with Gasteiger partial charge in [-0.15, -0.1) is 0 Å². The fraction of sp³-hybridized carbons (Fsp3) is 0.865. The average Bonchev–Trinajstić information content (AvgIpc) is 3.04. The predicted octanol–water partition coefficient (Wildman–Crippen LogP) is 10.5. The molecule has 0 aromatic rings. The lowest BCUT2D eigenvalue weighted by Crippen LogP contribution is -2.28. The summed E-state index contributed by atoms with van der Waals surface area (Å²) in [7, 11) is -4.26. The van der Waals surface area contributed by atoms with Gasteiger partial charge in [0.05, 0.1) is 19.8 Å². The molecular formula is C37H72NO7P. The van der Waals surface area contributed by atoms with Crippen LogP contribution in [0.25, 0.3) is 0 Å². The molecular weight excluding hydrogens is 601 g/mol. The van der Waals surface area contributed by atoms with Gasteiger partial charge in [-0.25, -0.2) is 4.57 Å². The summed E-state index contributed by atoms with van der Waals surface area (Å²) in [4.78, 5) is 22.3. The van der Waals surface area contributed by atoms with E-state index >= 15 is 0 Å². The van der Waals surface area contributed by atoms with Gasteiger partial charge in [0.2, 0.25) is 0 Å². The highest BCUT2D eigenvalue weighted by Gasteiger charge is 2.25. The van der Waals surface area contributed by atoms with Crippen molar-refractivity contribution in [3.63, 3.8) is 0 Å². The molecule has 8 nitrogen and oxygen atoms in total. The Morgan fingerprint density at radius 1 is 0.652 bits per heavy atom. The van der Waals surface area contributed by atoms with Crippen LogP contribution in [-0.4, -0.2) is 49.9 Å². The smallest absolute Gasteiger partial charge is 0.457 e. The lowest BCUT2D eigenvalue weighted by Gasteiger charge is -2.20. The molecule has 0 saturated heterocycles. The molecule has 0 rings (SSSR count). The molecule has 2 atom stereocenters. The first-order chi connectivity index (χ1) is 22.4. The van der Waals surface area contributed by atoms with Crippen molar-refractivity contribution in [3.05, 3.63) is 24.3 Å². The van der Waals surface area contributed by atoms with Crippen LogP contribution in [0.1, 0.15) is 168 Å². The maximum Gasteiger partial charge on any atom is 0.472 e. The van der Waals surface area contributed by atoms with Gasteiger partial charge in [-0.3, -0.25) is 13.8 Å². The van der Waals surface area contributed by atoms with Crippen molar-refractivity contribution >= 4 is 13.8 Å². The number of allylic oxidation sites excluding steroid dienone is 4. The van der Waals surface area contributed by atoms with Crippen LogP contribution in [0, 0.1) is 0 Å². The van der Waals surface area contributed by atoms with Gasteiger partial charge in [0.15, 0.2) is 0 Å². The van der Waals surface area contributed by atoms with Crippen molar-refractivity contribution in [1.29, 1.82) is 0 Å². The molecule has 0 aliphatic heterocycles. The number of rotatable bonds is 36. The minimum atomic E-state index is -4.26. The van der Waals surface area contributed by atoms with E-state index in [9.17, 15) is 14.3 Å². The third-order valence-corrected chi connectivity index (χ3v) is 8.86. The summed E-state index contributed by atoms with van der Waals surface area (Å²) >= 11 is 0. The second-order valence-corrected chi connectivity index (χ2v) is 13.9. The molecule has 0 radical (unpaired) electrons. The van der Waals surface area contributed by atoms with Gasteiger partial charge in [-0.05, 0) is 44.9 Å². The summed E-state index contributed by atoms with van der Waals surface area (Å²) < 4.78 is 33.1. The third-order valence-electron chi connectivity index (χ3n) is 7.87. The highest BCUT2D eigenvalue weighted by molar-refractivity contribution is 7.47. The maximum absolute atomic E-state index is 12.5. The normalized spacial score (nSPS) is 13.9. The summed E-state index contributed by atoms with van der Waals surface area (Å²) in [5.41, 5.74) is 5.33. The minimum Gasteiger partial charge on any atom is -0.457 e. The van der Waals surface area contributed by atoms with Crippen LogP contribution in [0.5, 0.6) is 0 Å². The molecule has 0 bridgehead atoms. The third kappa shape index (κ3) is 34.3. The average molecular weight is 674 g/mol. The second-order valence-electron chi connectivity index (χ2n) is 12.4. The van der Waals surface area contributed by atoms with Crippen molar-refractivity contribution in [3.8, 4) is 0 Å². The van der Waals surface area contributed by atoms with E-state index in [4.69, 9.17) is 24.3 Å². The van der Waals surface area contributed by atoms with Crippen molar-refractivity contribution in [2.24, 2.45) is 5.73 Å². The van der Waals surface area contributed by atoms with Gasteiger partial charge >= 0.3 is 13.8 Å². The van der Waals surface area contributed by atoms with Crippen LogP contribution in [0.3, 0.4) is 0 Å². The van der Waals surface area contributed by atoms with E-state index in [1.807, 2.05) is 0 Å². The molecule has 46 heavy (non-hydrogen) atoms. The van der Waals surface area contributed by atoms with E-state index in [2.05, 4.69) is 38.2 Å². The van der Waals surface area contributed by atoms with Crippen LogP contribution in [0.4, 0.5) is 0 Å². The second kappa shape index (κ2) is 35.3. The Morgan fingerprint density at radius 2 is 1.15 bits per heavy atom. The Balaban J connectivity index is 3.93. The summed E-state index contributed by atoms with van der Waals surface area (Å²) in [6.45, 7) is 4.86. The molecule has 0 spiro atoms. The SMILES string of the molecule is CCCCCCC/C=C\C/C=C\CCCCCCCCCCCC(=O)OC(COCCCCCCCC)COP(=O)(O)OCCN. The summed E-state index contributed by atoms with van der Waals surface area (Å²) in [5.74, 6) is -0.338. The molecule has 0 saturated carbocycles. The zero-order chi connectivity index (χ0) is 33.8. The first-order valence-corrected chi connectivity index (χ1v) is 20.3. The van der Waals surface area contributed by atoms with Gasteiger partial charge in [0.1, 0.15) is 6.10 Å². The highest BCUT2D eigenvalue weighted by Crippen LogP contribution is 2.43. The largest absolute Gasteiger partial charge is 0.472 e. The van der Waals surface area contributed by atoms with Crippen LogP contribution >= 0.6 is 7.82 Å². The van der Waals surface area contributed by atoms with Crippen LogP contribution in [0.2, 0.25) is 0 Å². The number of phosphoric ester groups is 1. The Hall–Kier alpha value is -1.02.